The van der Waals surface area contributed by atoms with E-state index < -0.39 is 63.5 Å². The molecule has 4 atom stereocenters. The number of carbonyl (C=O) groups excluding carboxylic acids is 3. The summed E-state index contributed by atoms with van der Waals surface area (Å²) in [6, 6.07) is 2.75. The minimum absolute atomic E-state index is 0.237. The van der Waals surface area contributed by atoms with E-state index in [0.717, 1.165) is 39.1 Å². The molecule has 1 rings (SSSR count). The molecule has 0 saturated carbocycles. The summed E-state index contributed by atoms with van der Waals surface area (Å²) in [7, 11) is 0. The van der Waals surface area contributed by atoms with Gasteiger partial charge in [-0.15, -0.1) is 0 Å². The Labute approximate surface area is 186 Å². The summed E-state index contributed by atoms with van der Waals surface area (Å²) in [6.45, 7) is 4.35. The zero-order valence-corrected chi connectivity index (χ0v) is 18.0. The number of rotatable bonds is 11. The summed E-state index contributed by atoms with van der Waals surface area (Å²) in [4.78, 5) is 55.0. The molecular formula is C18H22N4O11. The van der Waals surface area contributed by atoms with E-state index in [-0.39, 0.29) is 5.69 Å². The van der Waals surface area contributed by atoms with Gasteiger partial charge in [-0.2, -0.15) is 5.10 Å². The van der Waals surface area contributed by atoms with Crippen molar-refractivity contribution in [3.05, 3.63) is 38.4 Å². The number of hydrogen-bond acceptors (Lipinski definition) is 13. The molecule has 1 aromatic rings. The Bertz CT molecular complexity index is 947. The molecule has 0 aliphatic rings. The number of nitro benzene ring substituents is 2. The molecule has 15 nitrogen and oxygen atoms in total. The largest absolute Gasteiger partial charge is 0.456 e. The fraction of sp³-hybridized carbons (Fsp3) is 0.444. The van der Waals surface area contributed by atoms with Crippen LogP contribution in [0.3, 0.4) is 0 Å². The van der Waals surface area contributed by atoms with Gasteiger partial charge in [0.25, 0.3) is 5.69 Å². The molecule has 0 amide bonds. The second-order valence-corrected chi connectivity index (χ2v) is 6.57. The third-order valence-electron chi connectivity index (χ3n) is 3.82. The van der Waals surface area contributed by atoms with E-state index in [9.17, 15) is 39.7 Å². The number of anilines is 1. The Morgan fingerprint density at radius 1 is 1.00 bits per heavy atom. The van der Waals surface area contributed by atoms with Crippen molar-refractivity contribution in [3.63, 3.8) is 0 Å². The maximum Gasteiger partial charge on any atom is 0.303 e. The van der Waals surface area contributed by atoms with Crippen LogP contribution in [0.1, 0.15) is 27.7 Å². The Balaban J connectivity index is 3.31. The van der Waals surface area contributed by atoms with E-state index >= 15 is 0 Å². The van der Waals surface area contributed by atoms with E-state index in [2.05, 4.69) is 10.5 Å². The minimum Gasteiger partial charge on any atom is -0.456 e. The average molecular weight is 470 g/mol. The van der Waals surface area contributed by atoms with Gasteiger partial charge in [0.1, 0.15) is 5.69 Å². The number of esters is 3. The van der Waals surface area contributed by atoms with Crippen molar-refractivity contribution in [1.82, 2.24) is 0 Å². The van der Waals surface area contributed by atoms with Crippen molar-refractivity contribution in [2.45, 2.75) is 52.1 Å². The van der Waals surface area contributed by atoms with Gasteiger partial charge >= 0.3 is 23.6 Å². The van der Waals surface area contributed by atoms with Gasteiger partial charge in [-0.05, 0) is 13.0 Å². The van der Waals surface area contributed by atoms with E-state index in [0.29, 0.717) is 6.07 Å². The Morgan fingerprint density at radius 2 is 1.55 bits per heavy atom. The standard InChI is InChI=1S/C18H22N4O11/c1-9(23)17(32-11(3)25)18(33-12(4)26)16(31-10(2)24)8-19-20-14-6-5-13(21(27)28)7-15(14)22(29)30/h5-9,16-18,20,23H,1-4H3/b19-8-/t9-,16-,17-,18-/m0/s1. The monoisotopic (exact) mass is 470 g/mol. The molecule has 0 fully saturated rings. The fourth-order valence-electron chi connectivity index (χ4n) is 2.58. The number of hydrogen-bond donors (Lipinski definition) is 2. The highest BCUT2D eigenvalue weighted by Gasteiger charge is 2.39. The van der Waals surface area contributed by atoms with Crippen LogP contribution in [-0.4, -0.2) is 63.5 Å². The van der Waals surface area contributed by atoms with E-state index in [1.165, 1.54) is 6.92 Å². The molecule has 0 aliphatic heterocycles. The van der Waals surface area contributed by atoms with Crippen molar-refractivity contribution >= 4 is 41.2 Å². The lowest BCUT2D eigenvalue weighted by molar-refractivity contribution is -0.393. The summed E-state index contributed by atoms with van der Waals surface area (Å²) in [5.74, 6) is -2.53. The molecule has 180 valence electrons. The van der Waals surface area contributed by atoms with E-state index in [1.54, 1.807) is 0 Å². The van der Waals surface area contributed by atoms with Crippen LogP contribution in [0.2, 0.25) is 0 Å². The van der Waals surface area contributed by atoms with Gasteiger partial charge in [0, 0.05) is 26.8 Å². The van der Waals surface area contributed by atoms with Crippen LogP contribution < -0.4 is 5.43 Å². The van der Waals surface area contributed by atoms with Crippen molar-refractivity contribution in [1.29, 1.82) is 0 Å². The number of nitrogens with one attached hydrogen (secondary N) is 1. The number of aliphatic hydroxyl groups excluding tert-OH is 1. The van der Waals surface area contributed by atoms with Crippen LogP contribution in [0.5, 0.6) is 0 Å². The van der Waals surface area contributed by atoms with Crippen LogP contribution in [0.25, 0.3) is 0 Å². The van der Waals surface area contributed by atoms with Gasteiger partial charge in [-0.1, -0.05) is 0 Å². The number of hydrazone groups is 1. The number of nitro groups is 2. The average Bonchev–Trinajstić information content (AvgIpc) is 2.68. The molecule has 0 unspecified atom stereocenters. The number of ether oxygens (including phenoxy) is 3. The molecule has 15 heteroatoms. The summed E-state index contributed by atoms with van der Waals surface area (Å²) in [5, 5.41) is 35.8. The number of aliphatic hydroxyl groups is 1. The molecule has 2 N–H and O–H groups in total. The lowest BCUT2D eigenvalue weighted by Gasteiger charge is -2.31. The maximum atomic E-state index is 11.6. The quantitative estimate of drug-likeness (QED) is 0.153. The molecule has 0 saturated heterocycles. The Morgan fingerprint density at radius 3 is 2.00 bits per heavy atom. The van der Waals surface area contributed by atoms with Gasteiger partial charge < -0.3 is 19.3 Å². The minimum atomic E-state index is -1.53. The van der Waals surface area contributed by atoms with Gasteiger partial charge in [0.15, 0.2) is 18.3 Å². The summed E-state index contributed by atoms with van der Waals surface area (Å²) in [5.41, 5.74) is 0.862. The molecule has 0 bridgehead atoms. The van der Waals surface area contributed by atoms with E-state index in [4.69, 9.17) is 14.2 Å². The predicted octanol–water partition coefficient (Wildman–Crippen LogP) is 1.08. The fourth-order valence-corrected chi connectivity index (χ4v) is 2.58. The lowest BCUT2D eigenvalue weighted by atomic mass is 10.0. The molecule has 0 aromatic heterocycles. The smallest absolute Gasteiger partial charge is 0.303 e. The maximum absolute atomic E-state index is 11.6. The van der Waals surface area contributed by atoms with Gasteiger partial charge in [0.2, 0.25) is 0 Å². The molecule has 0 spiro atoms. The summed E-state index contributed by atoms with van der Waals surface area (Å²) < 4.78 is 15.1. The topological polar surface area (TPSA) is 210 Å². The highest BCUT2D eigenvalue weighted by molar-refractivity contribution is 5.75. The van der Waals surface area contributed by atoms with Crippen LogP contribution in [-0.2, 0) is 28.6 Å². The first kappa shape index (κ1) is 26.9. The number of benzene rings is 1. The lowest BCUT2D eigenvalue weighted by Crippen LogP contribution is -2.50. The van der Waals surface area contributed by atoms with Gasteiger partial charge in [-0.25, -0.2) is 0 Å². The van der Waals surface area contributed by atoms with Crippen molar-refractivity contribution in [3.8, 4) is 0 Å². The number of non-ortho nitro benzene ring substituents is 1. The molecular weight excluding hydrogens is 448 g/mol. The Hall–Kier alpha value is -4.14. The van der Waals surface area contributed by atoms with Crippen molar-refractivity contribution in [2.75, 3.05) is 5.43 Å². The molecule has 0 radical (unpaired) electrons. The highest BCUT2D eigenvalue weighted by Crippen LogP contribution is 2.29. The van der Waals surface area contributed by atoms with E-state index in [1.807, 2.05) is 0 Å². The SMILES string of the molecule is CC(=O)O[C@H]([C@@H](OC(C)=O)[C@H](/C=N\Nc1ccc([N+](=O)[O-])cc1[N+](=O)[O-])OC(C)=O)[C@H](C)O. The van der Waals surface area contributed by atoms with Gasteiger partial charge in [0.05, 0.1) is 28.2 Å². The first-order valence-corrected chi connectivity index (χ1v) is 9.25. The predicted molar refractivity (Wildman–Crippen MR) is 110 cm³/mol. The molecule has 1 aromatic carbocycles. The third kappa shape index (κ3) is 8.48. The van der Waals surface area contributed by atoms with Crippen LogP contribution >= 0.6 is 0 Å². The van der Waals surface area contributed by atoms with Crippen LogP contribution in [0, 0.1) is 20.2 Å². The highest BCUT2D eigenvalue weighted by atomic mass is 16.6. The zero-order chi connectivity index (χ0) is 25.3. The number of carbonyl (C=O) groups is 3. The molecule has 0 heterocycles. The van der Waals surface area contributed by atoms with Gasteiger partial charge in [-0.3, -0.25) is 40.0 Å². The van der Waals surface area contributed by atoms with Crippen molar-refractivity contribution in [2.24, 2.45) is 5.10 Å². The van der Waals surface area contributed by atoms with Crippen LogP contribution in [0.15, 0.2) is 23.3 Å². The zero-order valence-electron chi connectivity index (χ0n) is 18.0. The second kappa shape index (κ2) is 12.0. The summed E-state index contributed by atoms with van der Waals surface area (Å²) in [6.07, 6.45) is -4.98. The Kier molecular flexibility index (Phi) is 9.81. The number of nitrogens with zero attached hydrogens (tertiary/aromatic N) is 3. The molecule has 33 heavy (non-hydrogen) atoms. The normalized spacial score (nSPS) is 14.5. The summed E-state index contributed by atoms with van der Waals surface area (Å²) >= 11 is 0. The first-order valence-electron chi connectivity index (χ1n) is 9.25. The first-order chi connectivity index (χ1) is 15.3. The molecule has 0 aliphatic carbocycles. The van der Waals surface area contributed by atoms with Crippen molar-refractivity contribution < 1.29 is 43.5 Å². The second-order valence-electron chi connectivity index (χ2n) is 6.57. The third-order valence-corrected chi connectivity index (χ3v) is 3.82. The van der Waals surface area contributed by atoms with Crippen LogP contribution in [0.4, 0.5) is 17.1 Å².